The molecule has 0 saturated carbocycles. The SMILES string of the molecule is CC(C)n1ncc(NCC(C)(C)CCCO)c(Br)c1=O. The molecule has 20 heavy (non-hydrogen) atoms. The number of hydrogen-bond acceptors (Lipinski definition) is 4. The van der Waals surface area contributed by atoms with Gasteiger partial charge in [0.2, 0.25) is 0 Å². The molecule has 0 amide bonds. The van der Waals surface area contributed by atoms with Gasteiger partial charge in [-0.3, -0.25) is 4.79 Å². The third-order valence-electron chi connectivity index (χ3n) is 3.20. The van der Waals surface area contributed by atoms with Crippen LogP contribution >= 0.6 is 15.9 Å². The molecule has 0 aliphatic carbocycles. The predicted molar refractivity (Wildman–Crippen MR) is 85.2 cm³/mol. The Labute approximate surface area is 128 Å². The summed E-state index contributed by atoms with van der Waals surface area (Å²) < 4.78 is 1.96. The molecule has 2 N–H and O–H groups in total. The summed E-state index contributed by atoms with van der Waals surface area (Å²) in [5.41, 5.74) is 0.636. The molecule has 114 valence electrons. The van der Waals surface area contributed by atoms with Crippen molar-refractivity contribution in [3.8, 4) is 0 Å². The standard InChI is InChI=1S/C14H24BrN3O2/c1-10(2)18-13(20)12(15)11(8-17-18)16-9-14(3,4)6-5-7-19/h8,10,16,19H,5-7,9H2,1-4H3. The van der Waals surface area contributed by atoms with Gasteiger partial charge in [-0.25, -0.2) is 4.68 Å². The van der Waals surface area contributed by atoms with Crippen LogP contribution in [0.5, 0.6) is 0 Å². The van der Waals surface area contributed by atoms with Gasteiger partial charge in [0.1, 0.15) is 4.47 Å². The van der Waals surface area contributed by atoms with Gasteiger partial charge in [-0.05, 0) is 48.0 Å². The summed E-state index contributed by atoms with van der Waals surface area (Å²) in [5.74, 6) is 0. The van der Waals surface area contributed by atoms with Crippen LogP contribution in [-0.2, 0) is 0 Å². The zero-order chi connectivity index (χ0) is 15.3. The number of aliphatic hydroxyl groups excluding tert-OH is 1. The lowest BCUT2D eigenvalue weighted by Crippen LogP contribution is -2.28. The molecule has 1 aromatic rings. The molecular formula is C14H24BrN3O2. The average molecular weight is 346 g/mol. The molecule has 0 aliphatic heterocycles. The minimum Gasteiger partial charge on any atom is -0.396 e. The first-order valence-electron chi connectivity index (χ1n) is 6.90. The van der Waals surface area contributed by atoms with Gasteiger partial charge >= 0.3 is 0 Å². The van der Waals surface area contributed by atoms with E-state index in [1.807, 2.05) is 13.8 Å². The van der Waals surface area contributed by atoms with Crippen molar-refractivity contribution >= 4 is 21.6 Å². The topological polar surface area (TPSA) is 67.2 Å². The molecule has 0 atom stereocenters. The van der Waals surface area contributed by atoms with Crippen LogP contribution in [0.4, 0.5) is 5.69 Å². The Hall–Kier alpha value is -0.880. The second-order valence-electron chi connectivity index (χ2n) is 6.06. The van der Waals surface area contributed by atoms with Crippen LogP contribution in [-0.4, -0.2) is 28.0 Å². The molecule has 0 radical (unpaired) electrons. The fourth-order valence-corrected chi connectivity index (χ4v) is 2.34. The number of nitrogens with zero attached hydrogens (tertiary/aromatic N) is 2. The molecule has 0 saturated heterocycles. The van der Waals surface area contributed by atoms with E-state index in [4.69, 9.17) is 5.11 Å². The summed E-state index contributed by atoms with van der Waals surface area (Å²) in [7, 11) is 0. The van der Waals surface area contributed by atoms with Crippen molar-refractivity contribution in [2.24, 2.45) is 5.41 Å². The van der Waals surface area contributed by atoms with E-state index >= 15 is 0 Å². The Morgan fingerprint density at radius 2 is 2.15 bits per heavy atom. The first-order valence-corrected chi connectivity index (χ1v) is 7.70. The number of rotatable bonds is 7. The summed E-state index contributed by atoms with van der Waals surface area (Å²) in [5, 5.41) is 16.3. The molecule has 6 heteroatoms. The van der Waals surface area contributed by atoms with Gasteiger partial charge in [-0.1, -0.05) is 13.8 Å². The van der Waals surface area contributed by atoms with Crippen molar-refractivity contribution in [3.63, 3.8) is 0 Å². The molecule has 0 aromatic carbocycles. The third-order valence-corrected chi connectivity index (χ3v) is 3.97. The third kappa shape index (κ3) is 4.59. The molecule has 0 spiro atoms. The Morgan fingerprint density at radius 3 is 2.70 bits per heavy atom. The number of halogens is 1. The highest BCUT2D eigenvalue weighted by molar-refractivity contribution is 9.10. The lowest BCUT2D eigenvalue weighted by Gasteiger charge is -2.25. The quantitative estimate of drug-likeness (QED) is 0.797. The number of nitrogens with one attached hydrogen (secondary N) is 1. The van der Waals surface area contributed by atoms with Crippen molar-refractivity contribution in [1.29, 1.82) is 0 Å². The molecule has 0 bridgehead atoms. The van der Waals surface area contributed by atoms with Gasteiger partial charge in [-0.15, -0.1) is 0 Å². The fourth-order valence-electron chi connectivity index (χ4n) is 1.92. The van der Waals surface area contributed by atoms with E-state index in [1.165, 1.54) is 4.68 Å². The molecule has 1 heterocycles. The predicted octanol–water partition coefficient (Wildman–Crippen LogP) is 2.80. The van der Waals surface area contributed by atoms with Gasteiger partial charge < -0.3 is 10.4 Å². The lowest BCUT2D eigenvalue weighted by molar-refractivity contribution is 0.248. The van der Waals surface area contributed by atoms with Crippen LogP contribution in [0.15, 0.2) is 15.5 Å². The van der Waals surface area contributed by atoms with Gasteiger partial charge in [0, 0.05) is 13.2 Å². The average Bonchev–Trinajstić information content (AvgIpc) is 2.38. The van der Waals surface area contributed by atoms with Crippen molar-refractivity contribution in [2.75, 3.05) is 18.5 Å². The maximum atomic E-state index is 12.1. The van der Waals surface area contributed by atoms with E-state index in [9.17, 15) is 4.79 Å². The van der Waals surface area contributed by atoms with E-state index in [1.54, 1.807) is 6.20 Å². The van der Waals surface area contributed by atoms with Crippen molar-refractivity contribution < 1.29 is 5.11 Å². The molecule has 1 aromatic heterocycles. The van der Waals surface area contributed by atoms with E-state index in [-0.39, 0.29) is 23.6 Å². The number of aromatic nitrogens is 2. The number of hydrogen-bond donors (Lipinski definition) is 2. The first-order chi connectivity index (χ1) is 9.28. The van der Waals surface area contributed by atoms with Crippen molar-refractivity contribution in [3.05, 3.63) is 21.0 Å². The Morgan fingerprint density at radius 1 is 1.50 bits per heavy atom. The second kappa shape index (κ2) is 7.22. The highest BCUT2D eigenvalue weighted by Crippen LogP contribution is 2.24. The highest BCUT2D eigenvalue weighted by atomic mass is 79.9. The van der Waals surface area contributed by atoms with E-state index in [0.29, 0.717) is 10.2 Å². The van der Waals surface area contributed by atoms with Crippen LogP contribution in [0.1, 0.15) is 46.6 Å². The van der Waals surface area contributed by atoms with E-state index in [2.05, 4.69) is 40.2 Å². The lowest BCUT2D eigenvalue weighted by atomic mass is 9.88. The minimum atomic E-state index is -0.127. The summed E-state index contributed by atoms with van der Waals surface area (Å²) in [6.45, 7) is 9.04. The zero-order valence-corrected chi connectivity index (χ0v) is 14.2. The monoisotopic (exact) mass is 345 g/mol. The molecule has 0 fully saturated rings. The van der Waals surface area contributed by atoms with Crippen LogP contribution < -0.4 is 10.9 Å². The maximum absolute atomic E-state index is 12.1. The summed E-state index contributed by atoms with van der Waals surface area (Å²) in [6.07, 6.45) is 3.38. The zero-order valence-electron chi connectivity index (χ0n) is 12.6. The molecule has 0 aliphatic rings. The van der Waals surface area contributed by atoms with Gasteiger partial charge in [0.05, 0.1) is 17.9 Å². The smallest absolute Gasteiger partial charge is 0.283 e. The second-order valence-corrected chi connectivity index (χ2v) is 6.85. The number of aliphatic hydroxyl groups is 1. The Bertz CT molecular complexity index is 498. The highest BCUT2D eigenvalue weighted by Gasteiger charge is 2.18. The summed E-state index contributed by atoms with van der Waals surface area (Å²) in [4.78, 5) is 12.1. The Balaban J connectivity index is 2.80. The summed E-state index contributed by atoms with van der Waals surface area (Å²) >= 11 is 3.34. The molecule has 0 unspecified atom stereocenters. The van der Waals surface area contributed by atoms with Crippen molar-refractivity contribution in [1.82, 2.24) is 9.78 Å². The summed E-state index contributed by atoms with van der Waals surface area (Å²) in [6, 6.07) is 0.0360. The fraction of sp³-hybridized carbons (Fsp3) is 0.714. The van der Waals surface area contributed by atoms with Crippen LogP contribution in [0.25, 0.3) is 0 Å². The molecular weight excluding hydrogens is 322 g/mol. The van der Waals surface area contributed by atoms with Gasteiger partial charge in [-0.2, -0.15) is 5.10 Å². The normalized spacial score (nSPS) is 11.9. The van der Waals surface area contributed by atoms with Crippen LogP contribution in [0.2, 0.25) is 0 Å². The molecule has 1 rings (SSSR count). The number of anilines is 1. The minimum absolute atomic E-state index is 0.0360. The van der Waals surface area contributed by atoms with Gasteiger partial charge in [0.25, 0.3) is 5.56 Å². The van der Waals surface area contributed by atoms with Crippen LogP contribution in [0.3, 0.4) is 0 Å². The maximum Gasteiger partial charge on any atom is 0.283 e. The van der Waals surface area contributed by atoms with E-state index in [0.717, 1.165) is 19.4 Å². The van der Waals surface area contributed by atoms with Crippen molar-refractivity contribution in [2.45, 2.75) is 46.6 Å². The first kappa shape index (κ1) is 17.2. The van der Waals surface area contributed by atoms with Gasteiger partial charge in [0.15, 0.2) is 0 Å². The van der Waals surface area contributed by atoms with E-state index < -0.39 is 0 Å². The molecule has 5 nitrogen and oxygen atoms in total. The Kier molecular flexibility index (Phi) is 6.20. The largest absolute Gasteiger partial charge is 0.396 e. The van der Waals surface area contributed by atoms with Crippen LogP contribution in [0, 0.1) is 5.41 Å².